The number of fused-ring (bicyclic) bond motifs is 15. The summed E-state index contributed by atoms with van der Waals surface area (Å²) in [6.07, 6.45) is 0. The Balaban J connectivity index is 1.14. The highest BCUT2D eigenvalue weighted by Crippen LogP contribution is 2.45. The highest BCUT2D eigenvalue weighted by atomic mass is 16.3. The molecule has 0 unspecified atom stereocenters. The van der Waals surface area contributed by atoms with Crippen molar-refractivity contribution >= 4 is 104 Å². The number of furan rings is 1. The molecule has 0 aliphatic carbocycles. The molecule has 0 atom stereocenters. The van der Waals surface area contributed by atoms with E-state index >= 15 is 0 Å². The number of nitrogens with zero attached hydrogens (tertiary/aromatic N) is 1. The molecule has 0 bridgehead atoms. The number of benzene rings is 11. The molecule has 0 radical (unpaired) electrons. The molecular formula is C54H33NO. The van der Waals surface area contributed by atoms with Crippen LogP contribution in [0.15, 0.2) is 205 Å². The number of rotatable bonds is 4. The van der Waals surface area contributed by atoms with Gasteiger partial charge in [-0.05, 0) is 113 Å². The standard InChI is InChI=1S/C54H33NO/c1-3-19-43-39(15-1)41-17-5-7-21-45(41)51-32-36(27-29-47(43)51)55(37-28-30-48-44-20-4-2-16-40(44)42-18-6-8-22-46(42)52(48)33-37)35-14-11-13-34(31-35)38-24-12-25-50-49-23-9-10-26-53(49)56-54(38)50/h1-33H. The summed E-state index contributed by atoms with van der Waals surface area (Å²) < 4.78 is 6.54. The Morgan fingerprint density at radius 3 is 1.18 bits per heavy atom. The second kappa shape index (κ2) is 12.0. The molecule has 12 rings (SSSR count). The van der Waals surface area contributed by atoms with Gasteiger partial charge < -0.3 is 9.32 Å². The van der Waals surface area contributed by atoms with Gasteiger partial charge in [0.25, 0.3) is 0 Å². The van der Waals surface area contributed by atoms with E-state index in [0.717, 1.165) is 50.1 Å². The van der Waals surface area contributed by atoms with Gasteiger partial charge in [0.15, 0.2) is 0 Å². The number of anilines is 3. The van der Waals surface area contributed by atoms with Crippen molar-refractivity contribution in [3.05, 3.63) is 200 Å². The molecule has 1 aromatic heterocycles. The Labute approximate surface area is 323 Å². The predicted octanol–water partition coefficient (Wildman–Crippen LogP) is 15.6. The normalized spacial score (nSPS) is 11.9. The van der Waals surface area contributed by atoms with Gasteiger partial charge in [-0.25, -0.2) is 0 Å². The van der Waals surface area contributed by atoms with E-state index in [2.05, 4.69) is 199 Å². The van der Waals surface area contributed by atoms with E-state index in [-0.39, 0.29) is 0 Å². The van der Waals surface area contributed by atoms with Crippen LogP contribution in [0.5, 0.6) is 0 Å². The molecule has 0 amide bonds. The third-order valence-electron chi connectivity index (χ3n) is 11.8. The lowest BCUT2D eigenvalue weighted by atomic mass is 9.93. The van der Waals surface area contributed by atoms with E-state index in [1.807, 2.05) is 6.07 Å². The molecule has 0 saturated carbocycles. The lowest BCUT2D eigenvalue weighted by molar-refractivity contribution is 0.670. The molecule has 2 heteroatoms. The lowest BCUT2D eigenvalue weighted by Crippen LogP contribution is -2.10. The third kappa shape index (κ3) is 4.57. The summed E-state index contributed by atoms with van der Waals surface area (Å²) in [5.41, 5.74) is 7.26. The van der Waals surface area contributed by atoms with Crippen LogP contribution in [0.4, 0.5) is 17.1 Å². The summed E-state index contributed by atoms with van der Waals surface area (Å²) in [7, 11) is 0. The third-order valence-corrected chi connectivity index (χ3v) is 11.8. The van der Waals surface area contributed by atoms with Gasteiger partial charge in [0.2, 0.25) is 0 Å². The Morgan fingerprint density at radius 1 is 0.268 bits per heavy atom. The Kier molecular flexibility index (Phi) is 6.66. The van der Waals surface area contributed by atoms with Crippen LogP contribution in [0.2, 0.25) is 0 Å². The van der Waals surface area contributed by atoms with Crippen LogP contribution in [0.1, 0.15) is 0 Å². The second-order valence-electron chi connectivity index (χ2n) is 14.8. The molecule has 1 heterocycles. The zero-order valence-electron chi connectivity index (χ0n) is 30.4. The van der Waals surface area contributed by atoms with Gasteiger partial charge in [0.1, 0.15) is 11.2 Å². The van der Waals surface area contributed by atoms with Crippen molar-refractivity contribution < 1.29 is 4.42 Å². The first-order valence-corrected chi connectivity index (χ1v) is 19.3. The molecule has 2 nitrogen and oxygen atoms in total. The van der Waals surface area contributed by atoms with Gasteiger partial charge in [0.05, 0.1) is 0 Å². The molecule has 0 aliphatic rings. The van der Waals surface area contributed by atoms with E-state index in [1.54, 1.807) is 0 Å². The number of hydrogen-bond acceptors (Lipinski definition) is 2. The fourth-order valence-electron chi connectivity index (χ4n) is 9.30. The van der Waals surface area contributed by atoms with Crippen LogP contribution in [0.3, 0.4) is 0 Å². The van der Waals surface area contributed by atoms with Crippen LogP contribution in [-0.4, -0.2) is 0 Å². The molecule has 0 fully saturated rings. The minimum atomic E-state index is 0.902. The van der Waals surface area contributed by atoms with Gasteiger partial charge in [-0.1, -0.05) is 158 Å². The first-order chi connectivity index (χ1) is 27.8. The SMILES string of the molecule is c1cc(-c2cccc3c2oc2ccccc23)cc(N(c2ccc3c4ccccc4c4ccccc4c3c2)c2ccc3c4ccccc4c4ccccc4c3c2)c1. The molecule has 0 saturated heterocycles. The van der Waals surface area contributed by atoms with Crippen molar-refractivity contribution in [2.24, 2.45) is 0 Å². The van der Waals surface area contributed by atoms with E-state index in [0.29, 0.717) is 0 Å². The summed E-state index contributed by atoms with van der Waals surface area (Å²) in [4.78, 5) is 2.43. The summed E-state index contributed by atoms with van der Waals surface area (Å²) >= 11 is 0. The largest absolute Gasteiger partial charge is 0.455 e. The van der Waals surface area contributed by atoms with E-state index in [9.17, 15) is 0 Å². The van der Waals surface area contributed by atoms with E-state index in [4.69, 9.17) is 4.42 Å². The van der Waals surface area contributed by atoms with Crippen LogP contribution < -0.4 is 4.90 Å². The van der Waals surface area contributed by atoms with Crippen molar-refractivity contribution in [1.29, 1.82) is 0 Å². The predicted molar refractivity (Wildman–Crippen MR) is 239 cm³/mol. The molecule has 11 aromatic carbocycles. The summed E-state index contributed by atoms with van der Waals surface area (Å²) in [5.74, 6) is 0. The first kappa shape index (κ1) is 31.0. The molecule has 12 aromatic rings. The fraction of sp³-hybridized carbons (Fsp3) is 0. The van der Waals surface area contributed by atoms with Crippen molar-refractivity contribution in [3.63, 3.8) is 0 Å². The van der Waals surface area contributed by atoms with Crippen LogP contribution >= 0.6 is 0 Å². The van der Waals surface area contributed by atoms with Crippen molar-refractivity contribution in [1.82, 2.24) is 0 Å². The number of para-hydroxylation sites is 2. The van der Waals surface area contributed by atoms with Crippen molar-refractivity contribution in [2.75, 3.05) is 4.90 Å². The second-order valence-corrected chi connectivity index (χ2v) is 14.8. The summed E-state index contributed by atoms with van der Waals surface area (Å²) in [6.45, 7) is 0. The average Bonchev–Trinajstić information content (AvgIpc) is 3.66. The maximum atomic E-state index is 6.54. The number of hydrogen-bond donors (Lipinski definition) is 0. The monoisotopic (exact) mass is 711 g/mol. The molecule has 0 aliphatic heterocycles. The molecule has 0 spiro atoms. The Hall–Kier alpha value is -7.42. The zero-order valence-corrected chi connectivity index (χ0v) is 30.4. The van der Waals surface area contributed by atoms with E-state index in [1.165, 1.54) is 64.6 Å². The average molecular weight is 712 g/mol. The molecule has 56 heavy (non-hydrogen) atoms. The molecule has 0 N–H and O–H groups in total. The van der Waals surface area contributed by atoms with Gasteiger partial charge in [-0.2, -0.15) is 0 Å². The van der Waals surface area contributed by atoms with E-state index < -0.39 is 0 Å². The quantitative estimate of drug-likeness (QED) is 0.169. The van der Waals surface area contributed by atoms with Gasteiger partial charge >= 0.3 is 0 Å². The van der Waals surface area contributed by atoms with Gasteiger partial charge in [0, 0.05) is 33.4 Å². The van der Waals surface area contributed by atoms with Gasteiger partial charge in [-0.15, -0.1) is 0 Å². The topological polar surface area (TPSA) is 16.4 Å². The summed E-state index contributed by atoms with van der Waals surface area (Å²) in [6, 6.07) is 72.9. The zero-order chi connectivity index (χ0) is 36.7. The maximum absolute atomic E-state index is 6.54. The Bertz CT molecular complexity index is 3330. The highest BCUT2D eigenvalue weighted by molar-refractivity contribution is 6.27. The van der Waals surface area contributed by atoms with Gasteiger partial charge in [-0.3, -0.25) is 0 Å². The highest BCUT2D eigenvalue weighted by Gasteiger charge is 2.19. The van der Waals surface area contributed by atoms with Crippen molar-refractivity contribution in [2.45, 2.75) is 0 Å². The van der Waals surface area contributed by atoms with Crippen LogP contribution in [-0.2, 0) is 0 Å². The lowest BCUT2D eigenvalue weighted by Gasteiger charge is -2.27. The fourth-order valence-corrected chi connectivity index (χ4v) is 9.30. The minimum Gasteiger partial charge on any atom is -0.455 e. The van der Waals surface area contributed by atoms with Crippen LogP contribution in [0.25, 0.3) is 97.7 Å². The Morgan fingerprint density at radius 2 is 0.661 bits per heavy atom. The molecular weight excluding hydrogens is 679 g/mol. The molecule has 260 valence electrons. The van der Waals surface area contributed by atoms with Crippen LogP contribution in [0, 0.1) is 0 Å². The first-order valence-electron chi connectivity index (χ1n) is 19.3. The maximum Gasteiger partial charge on any atom is 0.143 e. The van der Waals surface area contributed by atoms with Crippen molar-refractivity contribution in [3.8, 4) is 11.1 Å². The smallest absolute Gasteiger partial charge is 0.143 e. The summed E-state index contributed by atoms with van der Waals surface area (Å²) in [5, 5.41) is 17.4. The minimum absolute atomic E-state index is 0.902.